The first kappa shape index (κ1) is 13.7. The minimum absolute atomic E-state index is 0.114. The van der Waals surface area contributed by atoms with Crippen LogP contribution in [0.3, 0.4) is 0 Å². The highest BCUT2D eigenvalue weighted by molar-refractivity contribution is 8.00. The van der Waals surface area contributed by atoms with E-state index in [-0.39, 0.29) is 10.8 Å². The van der Waals surface area contributed by atoms with Crippen LogP contribution in [-0.2, 0) is 0 Å². The van der Waals surface area contributed by atoms with Gasteiger partial charge in [-0.1, -0.05) is 12.0 Å². The van der Waals surface area contributed by atoms with Gasteiger partial charge in [-0.15, -0.1) is 5.10 Å². The van der Waals surface area contributed by atoms with Crippen LogP contribution in [0.15, 0.2) is 4.42 Å². The molecule has 5 nitrogen and oxygen atoms in total. The van der Waals surface area contributed by atoms with Crippen molar-refractivity contribution in [3.05, 3.63) is 5.89 Å². The van der Waals surface area contributed by atoms with Gasteiger partial charge < -0.3 is 14.6 Å². The van der Waals surface area contributed by atoms with Crippen LogP contribution >= 0.6 is 11.8 Å². The Hall–Kier alpha value is -0.750. The molecule has 1 aromatic heterocycles. The van der Waals surface area contributed by atoms with E-state index in [1.54, 1.807) is 0 Å². The number of aromatic nitrogens is 2. The fraction of sp³-hybridized carbons (Fsp3) is 0.833. The zero-order valence-corrected chi connectivity index (χ0v) is 12.4. The third kappa shape index (κ3) is 3.17. The Morgan fingerprint density at radius 2 is 2.28 bits per heavy atom. The van der Waals surface area contributed by atoms with Crippen LogP contribution in [0.25, 0.3) is 0 Å². The second kappa shape index (κ2) is 5.48. The number of nitrogens with one attached hydrogen (secondary N) is 1. The molecule has 1 saturated heterocycles. The summed E-state index contributed by atoms with van der Waals surface area (Å²) in [5, 5.41) is 11.6. The van der Waals surface area contributed by atoms with E-state index in [9.17, 15) is 0 Å². The largest absolute Gasteiger partial charge is 0.406 e. The summed E-state index contributed by atoms with van der Waals surface area (Å²) in [5.74, 6) is 1.77. The Bertz CT molecular complexity index is 393. The van der Waals surface area contributed by atoms with E-state index in [1.165, 1.54) is 0 Å². The number of hydrogen-bond acceptors (Lipinski definition) is 6. The molecule has 0 radical (unpaired) electrons. The zero-order chi connectivity index (χ0) is 13.2. The van der Waals surface area contributed by atoms with Crippen molar-refractivity contribution in [1.82, 2.24) is 15.5 Å². The third-order valence-corrected chi connectivity index (χ3v) is 4.30. The van der Waals surface area contributed by atoms with Crippen LogP contribution in [0.2, 0.25) is 0 Å². The van der Waals surface area contributed by atoms with Crippen molar-refractivity contribution in [2.75, 3.05) is 30.3 Å². The van der Waals surface area contributed by atoms with Crippen molar-refractivity contribution in [2.24, 2.45) is 0 Å². The Kier molecular flexibility index (Phi) is 4.17. The average Bonchev–Trinajstić information content (AvgIpc) is 2.77. The fourth-order valence-electron chi connectivity index (χ4n) is 2.10. The van der Waals surface area contributed by atoms with Gasteiger partial charge in [-0.2, -0.15) is 11.8 Å². The van der Waals surface area contributed by atoms with Gasteiger partial charge >= 0.3 is 6.01 Å². The number of rotatable bonds is 4. The fourth-order valence-corrected chi connectivity index (χ4v) is 3.21. The summed E-state index contributed by atoms with van der Waals surface area (Å²) in [5.41, 5.74) is 0. The van der Waals surface area contributed by atoms with Crippen molar-refractivity contribution < 1.29 is 4.42 Å². The van der Waals surface area contributed by atoms with Crippen LogP contribution in [-0.4, -0.2) is 40.3 Å². The predicted octanol–water partition coefficient (Wildman–Crippen LogP) is 2.07. The minimum Gasteiger partial charge on any atom is -0.406 e. The van der Waals surface area contributed by atoms with Gasteiger partial charge in [-0.25, -0.2) is 0 Å². The lowest BCUT2D eigenvalue weighted by molar-refractivity contribution is 0.416. The van der Waals surface area contributed by atoms with Crippen LogP contribution in [0, 0.1) is 0 Å². The molecular formula is C12H22N4OS. The topological polar surface area (TPSA) is 54.2 Å². The molecule has 18 heavy (non-hydrogen) atoms. The van der Waals surface area contributed by atoms with Crippen LogP contribution in [0.1, 0.15) is 39.6 Å². The maximum Gasteiger partial charge on any atom is 0.318 e. The summed E-state index contributed by atoms with van der Waals surface area (Å²) in [7, 11) is 0. The first-order valence-corrected chi connectivity index (χ1v) is 7.46. The molecule has 0 bridgehead atoms. The van der Waals surface area contributed by atoms with Gasteiger partial charge in [-0.3, -0.25) is 0 Å². The molecule has 0 spiro atoms. The van der Waals surface area contributed by atoms with Crippen LogP contribution < -0.4 is 10.2 Å². The van der Waals surface area contributed by atoms with E-state index in [1.807, 2.05) is 18.7 Å². The minimum atomic E-state index is 0.114. The lowest BCUT2D eigenvalue weighted by atomic mass is 10.2. The highest BCUT2D eigenvalue weighted by Gasteiger charge is 2.30. The van der Waals surface area contributed by atoms with Gasteiger partial charge in [-0.05, 0) is 27.3 Å². The van der Waals surface area contributed by atoms with Crippen molar-refractivity contribution in [2.45, 2.75) is 38.5 Å². The smallest absolute Gasteiger partial charge is 0.318 e. The van der Waals surface area contributed by atoms with Gasteiger partial charge in [0.05, 0.1) is 6.04 Å². The Morgan fingerprint density at radius 1 is 1.50 bits per heavy atom. The summed E-state index contributed by atoms with van der Waals surface area (Å²) in [6.07, 6.45) is 0. The predicted molar refractivity (Wildman–Crippen MR) is 75.1 cm³/mol. The summed E-state index contributed by atoms with van der Waals surface area (Å²) in [6, 6.07) is 0.770. The molecule has 1 unspecified atom stereocenters. The first-order chi connectivity index (χ1) is 8.52. The number of hydrogen-bond donors (Lipinski definition) is 1. The lowest BCUT2D eigenvalue weighted by Crippen LogP contribution is -2.43. The summed E-state index contributed by atoms with van der Waals surface area (Å²) in [6.45, 7) is 11.4. The molecule has 2 rings (SSSR count). The standard InChI is InChI=1S/C12H22N4OS/c1-5-13-9(2)10-14-15-11(17-10)16-6-7-18-12(3,4)8-16/h9,13H,5-8H2,1-4H3. The second-order valence-corrected chi connectivity index (χ2v) is 7.03. The van der Waals surface area contributed by atoms with E-state index < -0.39 is 0 Å². The number of nitrogens with zero attached hydrogens (tertiary/aromatic N) is 3. The van der Waals surface area contributed by atoms with E-state index in [0.29, 0.717) is 11.9 Å². The quantitative estimate of drug-likeness (QED) is 0.904. The molecule has 6 heteroatoms. The van der Waals surface area contributed by atoms with Crippen molar-refractivity contribution >= 4 is 17.8 Å². The summed E-state index contributed by atoms with van der Waals surface area (Å²) < 4.78 is 6.01. The van der Waals surface area contributed by atoms with Gasteiger partial charge in [0.2, 0.25) is 5.89 Å². The van der Waals surface area contributed by atoms with Crippen molar-refractivity contribution in [1.29, 1.82) is 0 Å². The molecule has 1 fully saturated rings. The SMILES string of the molecule is CCNC(C)c1nnc(N2CCSC(C)(C)C2)o1. The van der Waals surface area contributed by atoms with Crippen LogP contribution in [0.5, 0.6) is 0 Å². The molecule has 1 aromatic rings. The summed E-state index contributed by atoms with van der Waals surface area (Å²) in [4.78, 5) is 2.19. The van der Waals surface area contributed by atoms with Crippen molar-refractivity contribution in [3.8, 4) is 0 Å². The summed E-state index contributed by atoms with van der Waals surface area (Å²) >= 11 is 2.00. The van der Waals surface area contributed by atoms with Gasteiger partial charge in [0.15, 0.2) is 0 Å². The van der Waals surface area contributed by atoms with E-state index in [2.05, 4.69) is 41.2 Å². The Balaban J connectivity index is 2.05. The molecule has 1 aliphatic heterocycles. The lowest BCUT2D eigenvalue weighted by Gasteiger charge is -2.36. The maximum atomic E-state index is 5.76. The molecule has 0 aromatic carbocycles. The third-order valence-electron chi connectivity index (χ3n) is 3.01. The molecular weight excluding hydrogens is 248 g/mol. The maximum absolute atomic E-state index is 5.76. The van der Waals surface area contributed by atoms with Gasteiger partial charge in [0, 0.05) is 23.6 Å². The number of anilines is 1. The highest BCUT2D eigenvalue weighted by Crippen LogP contribution is 2.31. The highest BCUT2D eigenvalue weighted by atomic mass is 32.2. The molecule has 2 heterocycles. The molecule has 0 amide bonds. The molecule has 102 valence electrons. The van der Waals surface area contributed by atoms with Gasteiger partial charge in [0.1, 0.15) is 0 Å². The van der Waals surface area contributed by atoms with E-state index >= 15 is 0 Å². The van der Waals surface area contributed by atoms with Gasteiger partial charge in [0.25, 0.3) is 0 Å². The molecule has 1 aliphatic rings. The monoisotopic (exact) mass is 270 g/mol. The second-order valence-electron chi connectivity index (χ2n) is 5.23. The molecule has 0 saturated carbocycles. The van der Waals surface area contributed by atoms with E-state index in [4.69, 9.17) is 4.42 Å². The van der Waals surface area contributed by atoms with E-state index in [0.717, 1.165) is 25.4 Å². The zero-order valence-electron chi connectivity index (χ0n) is 11.6. The Morgan fingerprint density at radius 3 is 2.94 bits per heavy atom. The molecule has 0 aliphatic carbocycles. The molecule has 1 atom stereocenters. The number of thioether (sulfide) groups is 1. The van der Waals surface area contributed by atoms with Crippen LogP contribution in [0.4, 0.5) is 6.01 Å². The molecule has 1 N–H and O–H groups in total. The van der Waals surface area contributed by atoms with Crippen molar-refractivity contribution in [3.63, 3.8) is 0 Å². The normalized spacial score (nSPS) is 21.0. The average molecular weight is 270 g/mol. The first-order valence-electron chi connectivity index (χ1n) is 6.47. The Labute approximate surface area is 113 Å².